The van der Waals surface area contributed by atoms with Gasteiger partial charge in [0.25, 0.3) is 5.69 Å². The molecule has 0 aliphatic rings. The van der Waals surface area contributed by atoms with Crippen molar-refractivity contribution < 1.29 is 14.5 Å². The average Bonchev–Trinajstić information content (AvgIpc) is 3.20. The van der Waals surface area contributed by atoms with E-state index in [0.29, 0.717) is 23.4 Å². The van der Waals surface area contributed by atoms with Gasteiger partial charge in [-0.25, -0.2) is 4.68 Å². The van der Waals surface area contributed by atoms with Crippen molar-refractivity contribution in [3.63, 3.8) is 0 Å². The van der Waals surface area contributed by atoms with Crippen molar-refractivity contribution in [2.24, 2.45) is 0 Å². The summed E-state index contributed by atoms with van der Waals surface area (Å²) in [7, 11) is 0. The normalized spacial score (nSPS) is 11.2. The molecule has 9 heteroatoms. The predicted octanol–water partition coefficient (Wildman–Crippen LogP) is 3.75. The van der Waals surface area contributed by atoms with E-state index in [9.17, 15) is 19.7 Å². The molecular weight excluding hydrogens is 434 g/mol. The van der Waals surface area contributed by atoms with E-state index in [0.717, 1.165) is 5.69 Å². The van der Waals surface area contributed by atoms with Gasteiger partial charge in [0.05, 0.1) is 29.3 Å². The third-order valence-electron chi connectivity index (χ3n) is 5.09. The molecule has 1 heterocycles. The number of nitrogens with one attached hydrogen (secondary N) is 1. The third-order valence-corrected chi connectivity index (χ3v) is 5.09. The highest BCUT2D eigenvalue weighted by Gasteiger charge is 2.22. The van der Waals surface area contributed by atoms with Gasteiger partial charge in [-0.15, -0.1) is 0 Å². The van der Waals surface area contributed by atoms with Crippen molar-refractivity contribution in [2.45, 2.75) is 39.7 Å². The Labute approximate surface area is 198 Å². The molecule has 9 nitrogen and oxygen atoms in total. The zero-order valence-electron chi connectivity index (χ0n) is 19.8. The van der Waals surface area contributed by atoms with Gasteiger partial charge in [-0.05, 0) is 52.0 Å². The molecule has 0 saturated heterocycles. The summed E-state index contributed by atoms with van der Waals surface area (Å²) in [5, 5.41) is 18.6. The highest BCUT2D eigenvalue weighted by molar-refractivity contribution is 5.87. The van der Waals surface area contributed by atoms with Crippen LogP contribution >= 0.6 is 0 Å². The van der Waals surface area contributed by atoms with E-state index < -0.39 is 4.92 Å². The molecule has 0 radical (unpaired) electrons. The van der Waals surface area contributed by atoms with Crippen molar-refractivity contribution >= 4 is 17.5 Å². The number of likely N-dealkylation sites (N-methyl/N-ethyl adjacent to an activating group) is 1. The Hall–Kier alpha value is -4.01. The van der Waals surface area contributed by atoms with Gasteiger partial charge in [0, 0.05) is 41.5 Å². The molecule has 1 N–H and O–H groups in total. The van der Waals surface area contributed by atoms with E-state index in [-0.39, 0.29) is 36.0 Å². The SMILES string of the molecule is CCN(CC(=O)NC(C)(C)C)C(=O)Cc1cn(-c2ccccc2)nc1-c1ccc([N+](=O)[O-])cc1. The maximum Gasteiger partial charge on any atom is 0.269 e. The van der Waals surface area contributed by atoms with Crippen LogP contribution in [0.5, 0.6) is 0 Å². The molecule has 0 aliphatic carbocycles. The quantitative estimate of drug-likeness (QED) is 0.404. The molecule has 0 spiro atoms. The molecule has 2 aromatic carbocycles. The van der Waals surface area contributed by atoms with E-state index in [2.05, 4.69) is 10.4 Å². The second kappa shape index (κ2) is 10.3. The maximum absolute atomic E-state index is 13.1. The van der Waals surface area contributed by atoms with Crippen molar-refractivity contribution in [3.8, 4) is 16.9 Å². The zero-order chi connectivity index (χ0) is 24.9. The van der Waals surface area contributed by atoms with Gasteiger partial charge in [-0.3, -0.25) is 19.7 Å². The summed E-state index contributed by atoms with van der Waals surface area (Å²) in [6.07, 6.45) is 1.82. The van der Waals surface area contributed by atoms with E-state index in [4.69, 9.17) is 0 Å². The van der Waals surface area contributed by atoms with E-state index >= 15 is 0 Å². The molecule has 0 fully saturated rings. The lowest BCUT2D eigenvalue weighted by molar-refractivity contribution is -0.384. The first-order valence-electron chi connectivity index (χ1n) is 11.0. The first-order chi connectivity index (χ1) is 16.1. The maximum atomic E-state index is 13.1. The standard InChI is InChI=1S/C25H29N5O4/c1-5-28(17-22(31)26-25(2,3)4)23(32)15-19-16-29(20-9-7-6-8-10-20)27-24(19)18-11-13-21(14-12-18)30(33)34/h6-14,16H,5,15,17H2,1-4H3,(H,26,31). The van der Waals surface area contributed by atoms with Crippen LogP contribution in [0.3, 0.4) is 0 Å². The molecule has 34 heavy (non-hydrogen) atoms. The minimum absolute atomic E-state index is 0.0223. The fourth-order valence-electron chi connectivity index (χ4n) is 3.52. The Bertz CT molecular complexity index is 1160. The topological polar surface area (TPSA) is 110 Å². The van der Waals surface area contributed by atoms with Crippen LogP contribution in [0.1, 0.15) is 33.3 Å². The number of aromatic nitrogens is 2. The summed E-state index contributed by atoms with van der Waals surface area (Å²) in [6, 6.07) is 15.5. The lowest BCUT2D eigenvalue weighted by Crippen LogP contribution is -2.47. The Morgan fingerprint density at radius 3 is 2.29 bits per heavy atom. The lowest BCUT2D eigenvalue weighted by Gasteiger charge is -2.25. The number of carbonyl (C=O) groups is 2. The minimum atomic E-state index is -0.460. The smallest absolute Gasteiger partial charge is 0.269 e. The summed E-state index contributed by atoms with van der Waals surface area (Å²) < 4.78 is 1.68. The van der Waals surface area contributed by atoms with E-state index in [1.165, 1.54) is 17.0 Å². The average molecular weight is 464 g/mol. The molecule has 178 valence electrons. The Morgan fingerprint density at radius 2 is 1.74 bits per heavy atom. The van der Waals surface area contributed by atoms with Crippen LogP contribution in [-0.2, 0) is 16.0 Å². The molecule has 0 saturated carbocycles. The van der Waals surface area contributed by atoms with Crippen LogP contribution in [0.2, 0.25) is 0 Å². The van der Waals surface area contributed by atoms with Crippen molar-refractivity contribution in [1.82, 2.24) is 20.0 Å². The fraction of sp³-hybridized carbons (Fsp3) is 0.320. The number of rotatable bonds is 8. The van der Waals surface area contributed by atoms with Crippen LogP contribution in [-0.4, -0.2) is 50.0 Å². The van der Waals surface area contributed by atoms with Crippen LogP contribution in [0.4, 0.5) is 5.69 Å². The van der Waals surface area contributed by atoms with Crippen molar-refractivity contribution in [1.29, 1.82) is 0 Å². The number of non-ortho nitro benzene ring substituents is 1. The molecule has 3 aromatic rings. The molecule has 3 rings (SSSR count). The van der Waals surface area contributed by atoms with Crippen LogP contribution in [0, 0.1) is 10.1 Å². The number of hydrogen-bond donors (Lipinski definition) is 1. The molecule has 0 unspecified atom stereocenters. The summed E-state index contributed by atoms with van der Waals surface area (Å²) in [4.78, 5) is 37.6. The van der Waals surface area contributed by atoms with Gasteiger partial charge in [0.15, 0.2) is 0 Å². The first-order valence-corrected chi connectivity index (χ1v) is 11.0. The van der Waals surface area contributed by atoms with E-state index in [1.807, 2.05) is 58.0 Å². The number of nitro benzene ring substituents is 1. The summed E-state index contributed by atoms with van der Waals surface area (Å²) in [5.74, 6) is -0.430. The Balaban J connectivity index is 1.91. The zero-order valence-corrected chi connectivity index (χ0v) is 19.8. The highest BCUT2D eigenvalue weighted by atomic mass is 16.6. The highest BCUT2D eigenvalue weighted by Crippen LogP contribution is 2.26. The second-order valence-corrected chi connectivity index (χ2v) is 8.97. The van der Waals surface area contributed by atoms with Crippen LogP contribution < -0.4 is 5.32 Å². The predicted molar refractivity (Wildman–Crippen MR) is 130 cm³/mol. The molecule has 0 atom stereocenters. The monoisotopic (exact) mass is 463 g/mol. The lowest BCUT2D eigenvalue weighted by atomic mass is 10.0. The Kier molecular flexibility index (Phi) is 7.45. The van der Waals surface area contributed by atoms with Crippen LogP contribution in [0.25, 0.3) is 16.9 Å². The van der Waals surface area contributed by atoms with Crippen molar-refractivity contribution in [3.05, 3.63) is 76.5 Å². The number of nitrogens with zero attached hydrogens (tertiary/aromatic N) is 4. The van der Waals surface area contributed by atoms with Crippen molar-refractivity contribution in [2.75, 3.05) is 13.1 Å². The van der Waals surface area contributed by atoms with Gasteiger partial charge < -0.3 is 10.2 Å². The fourth-order valence-corrected chi connectivity index (χ4v) is 3.52. The van der Waals surface area contributed by atoms with Gasteiger partial charge in [-0.1, -0.05) is 18.2 Å². The molecule has 0 bridgehead atoms. The van der Waals surface area contributed by atoms with Gasteiger partial charge in [-0.2, -0.15) is 5.10 Å². The Morgan fingerprint density at radius 1 is 1.09 bits per heavy atom. The largest absolute Gasteiger partial charge is 0.350 e. The van der Waals surface area contributed by atoms with E-state index in [1.54, 1.807) is 23.0 Å². The van der Waals surface area contributed by atoms with Gasteiger partial charge in [0.2, 0.25) is 11.8 Å². The van der Waals surface area contributed by atoms with Gasteiger partial charge >= 0.3 is 0 Å². The number of hydrogen-bond acceptors (Lipinski definition) is 5. The third kappa shape index (κ3) is 6.28. The molecular formula is C25H29N5O4. The number of nitro groups is 1. The second-order valence-electron chi connectivity index (χ2n) is 8.97. The molecule has 2 amide bonds. The number of carbonyl (C=O) groups excluding carboxylic acids is 2. The van der Waals surface area contributed by atoms with Crippen LogP contribution in [0.15, 0.2) is 60.8 Å². The number of para-hydroxylation sites is 1. The molecule has 0 aliphatic heterocycles. The summed E-state index contributed by atoms with van der Waals surface area (Å²) in [6.45, 7) is 7.83. The number of benzene rings is 2. The first kappa shape index (κ1) is 24.6. The summed E-state index contributed by atoms with van der Waals surface area (Å²) >= 11 is 0. The molecule has 1 aromatic heterocycles. The number of amides is 2. The summed E-state index contributed by atoms with van der Waals surface area (Å²) in [5.41, 5.74) is 2.29. The van der Waals surface area contributed by atoms with Gasteiger partial charge in [0.1, 0.15) is 0 Å². The minimum Gasteiger partial charge on any atom is -0.350 e.